The number of nitrogens with zero attached hydrogens (tertiary/aromatic N) is 2. The van der Waals surface area contributed by atoms with E-state index in [1.54, 1.807) is 0 Å². The molecule has 1 heterocycles. The van der Waals surface area contributed by atoms with Gasteiger partial charge in [-0.2, -0.15) is 0 Å². The van der Waals surface area contributed by atoms with Crippen molar-refractivity contribution in [2.45, 2.75) is 114 Å². The molecule has 0 amide bonds. The fraction of sp³-hybridized carbons (Fsp3) is 0.409. The maximum Gasteiger partial charge on any atom is 0 e. The Morgan fingerprint density at radius 1 is 0.500 bits per heavy atom. The van der Waals surface area contributed by atoms with Crippen LogP contribution in [0.4, 0.5) is 0 Å². The van der Waals surface area contributed by atoms with Crippen LogP contribution in [0.15, 0.2) is 93.0 Å². The summed E-state index contributed by atoms with van der Waals surface area (Å²) >= 11 is -2.51. The summed E-state index contributed by atoms with van der Waals surface area (Å²) in [6.45, 7) is 26.0. The molecule has 2 atom stereocenters. The normalized spacial score (nSPS) is 21.2. The Balaban J connectivity index is 0.00000562. The first-order valence-corrected chi connectivity index (χ1v) is 19.4. The van der Waals surface area contributed by atoms with Crippen LogP contribution in [0.3, 0.4) is 0 Å². The van der Waals surface area contributed by atoms with Gasteiger partial charge in [-0.15, -0.1) is 0 Å². The first kappa shape index (κ1) is 39.8. The summed E-state index contributed by atoms with van der Waals surface area (Å²) in [6.07, 6.45) is 3.77. The van der Waals surface area contributed by atoms with E-state index >= 15 is 0 Å². The monoisotopic (exact) mass is 830 g/mol. The Morgan fingerprint density at radius 3 is 1.10 bits per heavy atom. The van der Waals surface area contributed by atoms with Gasteiger partial charge >= 0.3 is 299 Å². The number of halogens is 1. The number of phenolic OH excluding ortho intramolecular Hbond substituents is 2. The predicted molar refractivity (Wildman–Crippen MR) is 219 cm³/mol. The van der Waals surface area contributed by atoms with Crippen molar-refractivity contribution in [3.63, 3.8) is 0 Å². The fourth-order valence-corrected chi connectivity index (χ4v) is 10.5. The van der Waals surface area contributed by atoms with Crippen molar-refractivity contribution in [3.05, 3.63) is 129 Å². The minimum absolute atomic E-state index is 0. The second kappa shape index (κ2) is 14.2. The molecule has 50 heavy (non-hydrogen) atoms. The molecular formula is C44H56CoIN2O2. The van der Waals surface area contributed by atoms with E-state index < -0.39 is 13.0 Å². The molecule has 0 bridgehead atoms. The van der Waals surface area contributed by atoms with E-state index in [2.05, 4.69) is 156 Å². The second-order valence-electron chi connectivity index (χ2n) is 17.4. The molecular weight excluding hydrogens is 774 g/mol. The number of rotatable bonds is 6. The van der Waals surface area contributed by atoms with E-state index in [0.717, 1.165) is 22.3 Å². The topological polar surface area (TPSA) is 65.2 Å². The molecule has 0 unspecified atom stereocenters. The Hall–Kier alpha value is -2.94. The number of hydrogen-bond acceptors (Lipinski definition) is 4. The summed E-state index contributed by atoms with van der Waals surface area (Å²) in [6, 6.07) is 29.6. The van der Waals surface area contributed by atoms with E-state index in [0.29, 0.717) is 11.1 Å². The maximum absolute atomic E-state index is 11.7. The van der Waals surface area contributed by atoms with Crippen LogP contribution in [0.25, 0.3) is 0 Å². The first-order valence-electron chi connectivity index (χ1n) is 17.3. The number of benzene rings is 4. The third kappa shape index (κ3) is 8.23. The van der Waals surface area contributed by atoms with E-state index in [1.807, 2.05) is 24.6 Å². The van der Waals surface area contributed by atoms with Gasteiger partial charge in [-0.25, -0.2) is 0 Å². The van der Waals surface area contributed by atoms with Gasteiger partial charge in [0, 0.05) is 24.0 Å². The van der Waals surface area contributed by atoms with Crippen LogP contribution in [0.1, 0.15) is 137 Å². The largest absolute Gasteiger partial charge is 0 e. The Bertz CT molecular complexity index is 1730. The molecule has 4 nitrogen and oxygen atoms in total. The van der Waals surface area contributed by atoms with Gasteiger partial charge < -0.3 is 0 Å². The third-order valence-electron chi connectivity index (χ3n) is 9.26. The van der Waals surface area contributed by atoms with Crippen molar-refractivity contribution in [2.75, 3.05) is 0 Å². The first-order chi connectivity index (χ1) is 22.6. The second-order valence-corrected chi connectivity index (χ2v) is 20.9. The molecule has 1 fully saturated rings. The molecule has 4 aromatic carbocycles. The molecule has 4 aromatic rings. The zero-order valence-electron chi connectivity index (χ0n) is 31.9. The standard InChI is InChI=1S/2C15H22NO.C14H12.Co.I/c2*1-14(2,3)11-7-10(9-16)13(17)12(8-11)15(4,5)6;1-3-7-13(8-4-1)11-12-14-9-5-2-6-10-14;;/h2*7-9,17H,1-6H3;1-12H;;/q2*-1;;+2;. The van der Waals surface area contributed by atoms with Gasteiger partial charge in [0.2, 0.25) is 0 Å². The third-order valence-corrected chi connectivity index (χ3v) is 13.3. The summed E-state index contributed by atoms with van der Waals surface area (Å²) in [7, 11) is 0. The van der Waals surface area contributed by atoms with Crippen LogP contribution in [0, 0.1) is 0 Å². The molecule has 1 aliphatic heterocycles. The molecule has 1 saturated heterocycles. The van der Waals surface area contributed by atoms with Gasteiger partial charge in [0.15, 0.2) is 0 Å². The Kier molecular flexibility index (Phi) is 11.3. The van der Waals surface area contributed by atoms with Gasteiger partial charge in [0.1, 0.15) is 0 Å². The fourth-order valence-electron chi connectivity index (χ4n) is 6.12. The number of hydrogen-bond donors (Lipinski definition) is 2. The zero-order chi connectivity index (χ0) is 36.2. The average molecular weight is 831 g/mol. The smallest absolute Gasteiger partial charge is 0 e. The van der Waals surface area contributed by atoms with Gasteiger partial charge in [-0.3, -0.25) is 0 Å². The predicted octanol–water partition coefficient (Wildman–Crippen LogP) is 12.2. The molecule has 0 saturated carbocycles. The summed E-state index contributed by atoms with van der Waals surface area (Å²) in [5.74, 6) is 0.539. The summed E-state index contributed by atoms with van der Waals surface area (Å²) in [4.78, 5) is 0.124. The van der Waals surface area contributed by atoms with Crippen LogP contribution in [0.2, 0.25) is 0 Å². The Labute approximate surface area is 321 Å². The maximum atomic E-state index is 11.7. The van der Waals surface area contributed by atoms with Crippen molar-refractivity contribution < 1.29 is 23.3 Å². The Morgan fingerprint density at radius 2 is 0.820 bits per heavy atom. The molecule has 2 N–H and O–H groups in total. The van der Waals surface area contributed by atoms with Crippen molar-refractivity contribution >= 4 is 36.4 Å². The molecule has 0 aliphatic carbocycles. The van der Waals surface area contributed by atoms with Gasteiger partial charge in [-0.1, -0.05) is 0 Å². The van der Waals surface area contributed by atoms with Crippen LogP contribution < -0.4 is 0 Å². The molecule has 5 rings (SSSR count). The van der Waals surface area contributed by atoms with Gasteiger partial charge in [0.25, 0.3) is 0 Å². The SMILES string of the molecule is CC(C)(C)c1cc(C=[N][Co]2([N]=Cc3cc(C(C)(C)C)cc(C(C)(C)C)c3O)[C@H](c3ccccc3)[C@H]2c2ccccc2)c(O)c(C(C)(C)C)c1.[I]. The molecule has 1 aliphatic rings. The van der Waals surface area contributed by atoms with E-state index in [9.17, 15) is 10.2 Å². The molecule has 0 spiro atoms. The van der Waals surface area contributed by atoms with E-state index in [-0.39, 0.29) is 66.8 Å². The molecule has 0 aromatic heterocycles. The van der Waals surface area contributed by atoms with Crippen LogP contribution in [-0.4, -0.2) is 22.6 Å². The van der Waals surface area contributed by atoms with Crippen molar-refractivity contribution in [1.82, 2.24) is 0 Å². The van der Waals surface area contributed by atoms with Gasteiger partial charge in [0.05, 0.1) is 0 Å². The van der Waals surface area contributed by atoms with E-state index in [4.69, 9.17) is 8.08 Å². The minimum Gasteiger partial charge on any atom is 0 e. The van der Waals surface area contributed by atoms with Crippen molar-refractivity contribution in [2.24, 2.45) is 8.08 Å². The number of phenols is 2. The molecule has 270 valence electrons. The minimum atomic E-state index is -2.51. The molecule has 6 heteroatoms. The van der Waals surface area contributed by atoms with Gasteiger partial charge in [-0.05, 0) is 0 Å². The average Bonchev–Trinajstić information content (AvgIpc) is 3.67. The molecule has 1 radical (unpaired) electrons. The quantitative estimate of drug-likeness (QED) is 0.150. The summed E-state index contributed by atoms with van der Waals surface area (Å²) < 4.78 is 11.0. The summed E-state index contributed by atoms with van der Waals surface area (Å²) in [5.41, 5.74) is 7.22. The van der Waals surface area contributed by atoms with Crippen LogP contribution in [0.5, 0.6) is 11.5 Å². The van der Waals surface area contributed by atoms with Crippen LogP contribution in [-0.2, 0) is 34.7 Å². The number of aromatic hydroxyl groups is 2. The van der Waals surface area contributed by atoms with Crippen molar-refractivity contribution in [3.8, 4) is 11.5 Å². The van der Waals surface area contributed by atoms with Crippen LogP contribution >= 0.6 is 24.0 Å². The van der Waals surface area contributed by atoms with Crippen molar-refractivity contribution in [1.29, 1.82) is 0 Å². The summed E-state index contributed by atoms with van der Waals surface area (Å²) in [5, 5.41) is 23.4. The van der Waals surface area contributed by atoms with E-state index in [1.165, 1.54) is 11.1 Å². The zero-order valence-corrected chi connectivity index (χ0v) is 35.1.